The van der Waals surface area contributed by atoms with Crippen LogP contribution in [0.15, 0.2) is 66.9 Å². The molecule has 0 saturated heterocycles. The topological polar surface area (TPSA) is 66.9 Å². The molecule has 126 valence electrons. The summed E-state index contributed by atoms with van der Waals surface area (Å²) in [6.45, 7) is 3.63. The molecule has 3 aromatic rings. The zero-order valence-electron chi connectivity index (χ0n) is 14.2. The van der Waals surface area contributed by atoms with Crippen LogP contribution < -0.4 is 10.6 Å². The van der Waals surface area contributed by atoms with Crippen molar-refractivity contribution in [1.29, 1.82) is 0 Å². The molecular weight excluding hydrogens is 312 g/mol. The standard InChI is InChI=1S/C20H20N4O/c1-14(16-7-4-3-5-8-16)22-19-11-12-21-20(24-19)23-18-10-6-9-17(13-18)15(2)25/h3-14H,1-2H3,(H2,21,22,23,24). The van der Waals surface area contributed by atoms with E-state index < -0.39 is 0 Å². The number of carbonyl (C=O) groups excluding carboxylic acids is 1. The molecular formula is C20H20N4O. The van der Waals surface area contributed by atoms with Gasteiger partial charge in [0.25, 0.3) is 0 Å². The van der Waals surface area contributed by atoms with Crippen molar-refractivity contribution >= 4 is 23.2 Å². The van der Waals surface area contributed by atoms with Crippen LogP contribution >= 0.6 is 0 Å². The summed E-state index contributed by atoms with van der Waals surface area (Å²) >= 11 is 0. The lowest BCUT2D eigenvalue weighted by Crippen LogP contribution is -2.09. The molecule has 0 saturated carbocycles. The van der Waals surface area contributed by atoms with Gasteiger partial charge in [-0.1, -0.05) is 42.5 Å². The number of nitrogens with one attached hydrogen (secondary N) is 2. The van der Waals surface area contributed by atoms with Gasteiger partial charge in [0.15, 0.2) is 5.78 Å². The second-order valence-electron chi connectivity index (χ2n) is 5.80. The Bertz CT molecular complexity index is 864. The Morgan fingerprint density at radius 3 is 2.60 bits per heavy atom. The number of hydrogen-bond donors (Lipinski definition) is 2. The average molecular weight is 332 g/mol. The van der Waals surface area contributed by atoms with Gasteiger partial charge in [-0.3, -0.25) is 4.79 Å². The summed E-state index contributed by atoms with van der Waals surface area (Å²) < 4.78 is 0. The maximum absolute atomic E-state index is 11.5. The van der Waals surface area contributed by atoms with Gasteiger partial charge in [0.05, 0.1) is 0 Å². The summed E-state index contributed by atoms with van der Waals surface area (Å²) in [6.07, 6.45) is 1.70. The highest BCUT2D eigenvalue weighted by atomic mass is 16.1. The number of carbonyl (C=O) groups is 1. The van der Waals surface area contributed by atoms with Crippen molar-refractivity contribution in [3.63, 3.8) is 0 Å². The van der Waals surface area contributed by atoms with E-state index in [2.05, 4.69) is 39.7 Å². The molecule has 5 nitrogen and oxygen atoms in total. The summed E-state index contributed by atoms with van der Waals surface area (Å²) in [5, 5.41) is 6.51. The fourth-order valence-electron chi connectivity index (χ4n) is 2.49. The first-order valence-electron chi connectivity index (χ1n) is 8.14. The van der Waals surface area contributed by atoms with Crippen molar-refractivity contribution < 1.29 is 4.79 Å². The summed E-state index contributed by atoms with van der Waals surface area (Å²) in [5.41, 5.74) is 2.61. The van der Waals surface area contributed by atoms with E-state index in [4.69, 9.17) is 0 Å². The molecule has 0 bridgehead atoms. The van der Waals surface area contributed by atoms with Crippen LogP contribution in [-0.4, -0.2) is 15.8 Å². The number of hydrogen-bond acceptors (Lipinski definition) is 5. The van der Waals surface area contributed by atoms with E-state index >= 15 is 0 Å². The zero-order chi connectivity index (χ0) is 17.6. The van der Waals surface area contributed by atoms with Crippen molar-refractivity contribution in [2.24, 2.45) is 0 Å². The van der Waals surface area contributed by atoms with Crippen molar-refractivity contribution in [3.05, 3.63) is 78.0 Å². The summed E-state index contributed by atoms with van der Waals surface area (Å²) in [7, 11) is 0. The van der Waals surface area contributed by atoms with Crippen molar-refractivity contribution in [2.75, 3.05) is 10.6 Å². The fourth-order valence-corrected chi connectivity index (χ4v) is 2.49. The Labute approximate surface area is 147 Å². The number of anilines is 3. The minimum atomic E-state index is 0.0247. The highest BCUT2D eigenvalue weighted by molar-refractivity contribution is 5.95. The first-order valence-corrected chi connectivity index (χ1v) is 8.14. The van der Waals surface area contributed by atoms with Gasteiger partial charge in [-0.15, -0.1) is 0 Å². The lowest BCUT2D eigenvalue weighted by Gasteiger charge is -2.15. The van der Waals surface area contributed by atoms with Gasteiger partial charge in [-0.05, 0) is 37.6 Å². The fraction of sp³-hybridized carbons (Fsp3) is 0.150. The molecule has 2 aromatic carbocycles. The minimum absolute atomic E-state index is 0.0247. The summed E-state index contributed by atoms with van der Waals surface area (Å²) in [4.78, 5) is 20.2. The molecule has 0 aliphatic rings. The van der Waals surface area contributed by atoms with Crippen LogP contribution in [0.2, 0.25) is 0 Å². The predicted molar refractivity (Wildman–Crippen MR) is 100 cm³/mol. The van der Waals surface area contributed by atoms with Crippen LogP contribution in [0, 0.1) is 0 Å². The normalized spacial score (nSPS) is 11.6. The Kier molecular flexibility index (Phi) is 5.04. The van der Waals surface area contributed by atoms with Gasteiger partial charge in [0.1, 0.15) is 5.82 Å². The van der Waals surface area contributed by atoms with Crippen LogP contribution in [0.1, 0.15) is 35.8 Å². The molecule has 0 spiro atoms. The number of aromatic nitrogens is 2. The smallest absolute Gasteiger partial charge is 0.229 e. The van der Waals surface area contributed by atoms with E-state index in [1.165, 1.54) is 5.56 Å². The minimum Gasteiger partial charge on any atom is -0.363 e. The van der Waals surface area contributed by atoms with Crippen LogP contribution in [0.3, 0.4) is 0 Å². The molecule has 3 rings (SSSR count). The van der Waals surface area contributed by atoms with E-state index in [0.29, 0.717) is 11.5 Å². The van der Waals surface area contributed by atoms with E-state index in [1.54, 1.807) is 25.3 Å². The second-order valence-corrected chi connectivity index (χ2v) is 5.80. The lowest BCUT2D eigenvalue weighted by molar-refractivity contribution is 0.101. The van der Waals surface area contributed by atoms with Gasteiger partial charge in [0, 0.05) is 23.5 Å². The van der Waals surface area contributed by atoms with Gasteiger partial charge in [0.2, 0.25) is 5.95 Å². The van der Waals surface area contributed by atoms with Crippen LogP contribution in [-0.2, 0) is 0 Å². The molecule has 1 heterocycles. The Morgan fingerprint density at radius 2 is 1.84 bits per heavy atom. The number of Topliss-reactive ketones (excluding diaryl/α,β-unsaturated/α-hetero) is 1. The van der Waals surface area contributed by atoms with Gasteiger partial charge >= 0.3 is 0 Å². The highest BCUT2D eigenvalue weighted by Crippen LogP contribution is 2.20. The van der Waals surface area contributed by atoms with Crippen LogP contribution in [0.25, 0.3) is 0 Å². The molecule has 1 atom stereocenters. The van der Waals surface area contributed by atoms with E-state index in [1.807, 2.05) is 36.4 Å². The third-order valence-electron chi connectivity index (χ3n) is 3.84. The average Bonchev–Trinajstić information content (AvgIpc) is 2.63. The number of rotatable bonds is 6. The Hall–Kier alpha value is -3.21. The summed E-state index contributed by atoms with van der Waals surface area (Å²) in [5.74, 6) is 1.24. The molecule has 0 fully saturated rings. The molecule has 0 aliphatic carbocycles. The first kappa shape index (κ1) is 16.6. The highest BCUT2D eigenvalue weighted by Gasteiger charge is 2.07. The third-order valence-corrected chi connectivity index (χ3v) is 3.84. The quantitative estimate of drug-likeness (QED) is 0.646. The SMILES string of the molecule is CC(=O)c1cccc(Nc2nccc(NC(C)c3ccccc3)n2)c1. The van der Waals surface area contributed by atoms with Gasteiger partial charge in [-0.2, -0.15) is 4.98 Å². The molecule has 2 N–H and O–H groups in total. The van der Waals surface area contributed by atoms with Crippen molar-refractivity contribution in [1.82, 2.24) is 9.97 Å². The zero-order valence-corrected chi connectivity index (χ0v) is 14.2. The number of nitrogens with zero attached hydrogens (tertiary/aromatic N) is 2. The van der Waals surface area contributed by atoms with Crippen molar-refractivity contribution in [2.45, 2.75) is 19.9 Å². The largest absolute Gasteiger partial charge is 0.363 e. The van der Waals surface area contributed by atoms with E-state index in [0.717, 1.165) is 11.5 Å². The molecule has 0 aliphatic heterocycles. The first-order chi connectivity index (χ1) is 12.1. The van der Waals surface area contributed by atoms with E-state index in [9.17, 15) is 4.79 Å². The Morgan fingerprint density at radius 1 is 1.04 bits per heavy atom. The van der Waals surface area contributed by atoms with Gasteiger partial charge in [-0.25, -0.2) is 4.98 Å². The summed E-state index contributed by atoms with van der Waals surface area (Å²) in [6, 6.07) is 19.4. The van der Waals surface area contributed by atoms with Gasteiger partial charge < -0.3 is 10.6 Å². The maximum Gasteiger partial charge on any atom is 0.229 e. The third kappa shape index (κ3) is 4.41. The monoisotopic (exact) mass is 332 g/mol. The molecule has 1 aromatic heterocycles. The molecule has 1 unspecified atom stereocenters. The Balaban J connectivity index is 1.73. The molecule has 0 radical (unpaired) electrons. The second kappa shape index (κ2) is 7.57. The maximum atomic E-state index is 11.5. The molecule has 25 heavy (non-hydrogen) atoms. The van der Waals surface area contributed by atoms with E-state index in [-0.39, 0.29) is 11.8 Å². The number of ketones is 1. The van der Waals surface area contributed by atoms with Crippen LogP contribution in [0.4, 0.5) is 17.5 Å². The molecule has 0 amide bonds. The van der Waals surface area contributed by atoms with Crippen molar-refractivity contribution in [3.8, 4) is 0 Å². The lowest BCUT2D eigenvalue weighted by atomic mass is 10.1. The molecule has 5 heteroatoms. The predicted octanol–water partition coefficient (Wildman–Crippen LogP) is 4.60. The number of benzene rings is 2. The van der Waals surface area contributed by atoms with Crippen LogP contribution in [0.5, 0.6) is 0 Å².